The molecule has 3 heteroatoms. The fourth-order valence-electron chi connectivity index (χ4n) is 2.62. The van der Waals surface area contributed by atoms with Crippen molar-refractivity contribution in [2.75, 3.05) is 0 Å². The third kappa shape index (κ3) is 2.39. The Morgan fingerprint density at radius 1 is 1.32 bits per heavy atom. The van der Waals surface area contributed by atoms with Gasteiger partial charge in [0, 0.05) is 6.04 Å². The lowest BCUT2D eigenvalue weighted by atomic mass is 9.99. The predicted octanol–water partition coefficient (Wildman–Crippen LogP) is 3.08. The second-order valence-corrected chi connectivity index (χ2v) is 5.61. The summed E-state index contributed by atoms with van der Waals surface area (Å²) in [5, 5.41) is 3.52. The van der Waals surface area contributed by atoms with E-state index in [1.807, 2.05) is 30.0 Å². The smallest absolute Gasteiger partial charge is 0.244 e. The lowest BCUT2D eigenvalue weighted by Gasteiger charge is -2.30. The van der Waals surface area contributed by atoms with Gasteiger partial charge in [0.05, 0.1) is 5.54 Å². The Morgan fingerprint density at radius 2 is 1.95 bits per heavy atom. The van der Waals surface area contributed by atoms with Crippen molar-refractivity contribution in [3.8, 4) is 0 Å². The zero-order chi connectivity index (χ0) is 14.0. The molecule has 0 spiro atoms. The minimum Gasteiger partial charge on any atom is -0.319 e. The zero-order valence-electron chi connectivity index (χ0n) is 12.3. The number of amides is 1. The molecule has 0 aliphatic carbocycles. The monoisotopic (exact) mass is 260 g/mol. The van der Waals surface area contributed by atoms with Crippen molar-refractivity contribution in [1.29, 1.82) is 0 Å². The fraction of sp³-hybridized carbons (Fsp3) is 0.562. The van der Waals surface area contributed by atoms with E-state index < -0.39 is 5.54 Å². The van der Waals surface area contributed by atoms with Crippen molar-refractivity contribution >= 4 is 5.91 Å². The van der Waals surface area contributed by atoms with Crippen molar-refractivity contribution in [2.24, 2.45) is 0 Å². The van der Waals surface area contributed by atoms with Crippen LogP contribution in [0.25, 0.3) is 0 Å². The van der Waals surface area contributed by atoms with E-state index in [4.69, 9.17) is 0 Å². The first kappa shape index (κ1) is 14.1. The van der Waals surface area contributed by atoms with Crippen molar-refractivity contribution in [2.45, 2.75) is 58.3 Å². The third-order valence-electron chi connectivity index (χ3n) is 4.33. The third-order valence-corrected chi connectivity index (χ3v) is 4.33. The summed E-state index contributed by atoms with van der Waals surface area (Å²) >= 11 is 0. The van der Waals surface area contributed by atoms with Crippen molar-refractivity contribution in [3.05, 3.63) is 35.9 Å². The highest BCUT2D eigenvalue weighted by Gasteiger charge is 2.48. The maximum absolute atomic E-state index is 12.7. The summed E-state index contributed by atoms with van der Waals surface area (Å²) in [6.07, 6.45) is 1.77. The minimum atomic E-state index is -0.441. The Morgan fingerprint density at radius 3 is 2.47 bits per heavy atom. The van der Waals surface area contributed by atoms with Crippen LogP contribution in [0.1, 0.15) is 52.3 Å². The summed E-state index contributed by atoms with van der Waals surface area (Å²) in [7, 11) is 0. The highest BCUT2D eigenvalue weighted by Crippen LogP contribution is 2.34. The van der Waals surface area contributed by atoms with Crippen LogP contribution in [0.5, 0.6) is 0 Å². The van der Waals surface area contributed by atoms with Crippen molar-refractivity contribution < 1.29 is 4.79 Å². The molecule has 1 aromatic carbocycles. The number of hydrogen-bond acceptors (Lipinski definition) is 2. The van der Waals surface area contributed by atoms with Gasteiger partial charge in [0.2, 0.25) is 5.91 Å². The Balaban J connectivity index is 2.38. The molecule has 104 valence electrons. The fourth-order valence-corrected chi connectivity index (χ4v) is 2.62. The largest absolute Gasteiger partial charge is 0.319 e. The quantitative estimate of drug-likeness (QED) is 0.902. The maximum atomic E-state index is 12.7. The average Bonchev–Trinajstić information content (AvgIpc) is 2.72. The number of carbonyl (C=O) groups is 1. The molecule has 3 nitrogen and oxygen atoms in total. The molecule has 1 amide bonds. The van der Waals surface area contributed by atoms with Crippen LogP contribution in [0.2, 0.25) is 0 Å². The molecule has 1 saturated heterocycles. The van der Waals surface area contributed by atoms with E-state index in [-0.39, 0.29) is 18.1 Å². The van der Waals surface area contributed by atoms with Gasteiger partial charge in [0.25, 0.3) is 0 Å². The molecular formula is C16H24N2O. The highest BCUT2D eigenvalue weighted by molar-refractivity contribution is 5.88. The number of rotatable bonds is 4. The molecule has 0 radical (unpaired) electrons. The SMILES string of the molecule is CCC(C)N1C(=O)C(C)(CC)NC1c1ccccc1. The van der Waals surface area contributed by atoms with Gasteiger partial charge in [-0.2, -0.15) is 0 Å². The number of nitrogens with zero attached hydrogens (tertiary/aromatic N) is 1. The number of hydrogen-bond donors (Lipinski definition) is 1. The molecule has 1 aliphatic rings. The predicted molar refractivity (Wildman–Crippen MR) is 77.6 cm³/mol. The molecular weight excluding hydrogens is 236 g/mol. The summed E-state index contributed by atoms with van der Waals surface area (Å²) in [4.78, 5) is 14.7. The van der Waals surface area contributed by atoms with Crippen LogP contribution in [0, 0.1) is 0 Å². The molecule has 1 fully saturated rings. The van der Waals surface area contributed by atoms with E-state index in [0.29, 0.717) is 0 Å². The first-order valence-electron chi connectivity index (χ1n) is 7.19. The Labute approximate surface area is 116 Å². The molecule has 0 aromatic heterocycles. The lowest BCUT2D eigenvalue weighted by molar-refractivity contribution is -0.135. The number of benzene rings is 1. The molecule has 1 N–H and O–H groups in total. The molecule has 0 bridgehead atoms. The van der Waals surface area contributed by atoms with Crippen LogP contribution in [0.4, 0.5) is 0 Å². The van der Waals surface area contributed by atoms with Crippen LogP contribution < -0.4 is 5.32 Å². The van der Waals surface area contributed by atoms with E-state index in [1.165, 1.54) is 0 Å². The van der Waals surface area contributed by atoms with Gasteiger partial charge < -0.3 is 4.90 Å². The second-order valence-electron chi connectivity index (χ2n) is 5.61. The van der Waals surface area contributed by atoms with Gasteiger partial charge in [-0.3, -0.25) is 10.1 Å². The van der Waals surface area contributed by atoms with E-state index >= 15 is 0 Å². The van der Waals surface area contributed by atoms with Crippen molar-refractivity contribution in [3.63, 3.8) is 0 Å². The molecule has 3 unspecified atom stereocenters. The van der Waals surface area contributed by atoms with Gasteiger partial charge in [-0.25, -0.2) is 0 Å². The lowest BCUT2D eigenvalue weighted by Crippen LogP contribution is -2.44. The summed E-state index contributed by atoms with van der Waals surface area (Å²) < 4.78 is 0. The molecule has 2 rings (SSSR count). The minimum absolute atomic E-state index is 0.00593. The molecule has 1 aliphatic heterocycles. The second kappa shape index (κ2) is 5.33. The van der Waals surface area contributed by atoms with Gasteiger partial charge in [0.15, 0.2) is 0 Å². The van der Waals surface area contributed by atoms with Gasteiger partial charge in [-0.1, -0.05) is 44.2 Å². The van der Waals surface area contributed by atoms with Crippen LogP contribution >= 0.6 is 0 Å². The molecule has 1 heterocycles. The summed E-state index contributed by atoms with van der Waals surface area (Å²) in [6, 6.07) is 10.5. The van der Waals surface area contributed by atoms with E-state index in [2.05, 4.69) is 38.2 Å². The zero-order valence-corrected chi connectivity index (χ0v) is 12.3. The van der Waals surface area contributed by atoms with Crippen molar-refractivity contribution in [1.82, 2.24) is 10.2 Å². The van der Waals surface area contributed by atoms with Crippen LogP contribution in [-0.2, 0) is 4.79 Å². The van der Waals surface area contributed by atoms with E-state index in [9.17, 15) is 4.79 Å². The molecule has 3 atom stereocenters. The standard InChI is InChI=1S/C16H24N2O/c1-5-12(3)18-14(13-10-8-7-9-11-13)17-16(4,6-2)15(18)19/h7-12,14,17H,5-6H2,1-4H3. The average molecular weight is 260 g/mol. The van der Waals surface area contributed by atoms with Gasteiger partial charge in [-0.05, 0) is 32.3 Å². The van der Waals surface area contributed by atoms with Gasteiger partial charge in [-0.15, -0.1) is 0 Å². The summed E-state index contributed by atoms with van der Waals surface area (Å²) in [6.45, 7) is 8.32. The Kier molecular flexibility index (Phi) is 3.95. The van der Waals surface area contributed by atoms with E-state index in [0.717, 1.165) is 18.4 Å². The molecule has 1 aromatic rings. The first-order valence-corrected chi connectivity index (χ1v) is 7.19. The Hall–Kier alpha value is -1.35. The number of nitrogens with one attached hydrogen (secondary N) is 1. The normalized spacial score (nSPS) is 28.7. The summed E-state index contributed by atoms with van der Waals surface area (Å²) in [5.74, 6) is 0.221. The number of carbonyl (C=O) groups excluding carboxylic acids is 1. The van der Waals surface area contributed by atoms with Crippen LogP contribution in [0.3, 0.4) is 0 Å². The van der Waals surface area contributed by atoms with Gasteiger partial charge >= 0.3 is 0 Å². The Bertz CT molecular complexity index is 445. The van der Waals surface area contributed by atoms with Gasteiger partial charge in [0.1, 0.15) is 6.17 Å². The first-order chi connectivity index (χ1) is 9.03. The molecule has 0 saturated carbocycles. The topological polar surface area (TPSA) is 32.3 Å². The van der Waals surface area contributed by atoms with E-state index in [1.54, 1.807) is 0 Å². The highest BCUT2D eigenvalue weighted by atomic mass is 16.2. The summed E-state index contributed by atoms with van der Waals surface area (Å²) in [5.41, 5.74) is 0.720. The van der Waals surface area contributed by atoms with Crippen LogP contribution in [0.15, 0.2) is 30.3 Å². The molecule has 19 heavy (non-hydrogen) atoms. The maximum Gasteiger partial charge on any atom is 0.244 e. The van der Waals surface area contributed by atoms with Crippen LogP contribution in [-0.4, -0.2) is 22.4 Å².